The van der Waals surface area contributed by atoms with Crippen LogP contribution in [0, 0.1) is 5.82 Å². The largest absolute Gasteiger partial charge is 0.508 e. The van der Waals surface area contributed by atoms with Crippen molar-refractivity contribution in [3.8, 4) is 5.75 Å². The maximum atomic E-state index is 13.1. The molecule has 2 aromatic carbocycles. The Balaban J connectivity index is 2.25. The van der Waals surface area contributed by atoms with E-state index in [4.69, 9.17) is 5.73 Å². The molecule has 0 bridgehead atoms. The number of nitrogens with two attached hydrogens (primary N) is 1. The van der Waals surface area contributed by atoms with E-state index in [1.54, 1.807) is 12.1 Å². The number of halogens is 1. The van der Waals surface area contributed by atoms with Gasteiger partial charge in [0.05, 0.1) is 10.6 Å². The number of nitrogen functional groups attached to an aromatic ring is 1. The number of anilines is 1. The van der Waals surface area contributed by atoms with E-state index in [0.717, 1.165) is 16.4 Å². The molecule has 0 aromatic heterocycles. The highest BCUT2D eigenvalue weighted by molar-refractivity contribution is 7.89. The molecule has 0 unspecified atom stereocenters. The Labute approximate surface area is 122 Å². The van der Waals surface area contributed by atoms with Gasteiger partial charge < -0.3 is 10.8 Å². The van der Waals surface area contributed by atoms with Crippen molar-refractivity contribution >= 4 is 15.7 Å². The van der Waals surface area contributed by atoms with Crippen molar-refractivity contribution < 1.29 is 17.9 Å². The number of rotatable bonds is 4. The number of phenolic OH excluding ortho intramolecular Hbond substituents is 1. The van der Waals surface area contributed by atoms with Crippen molar-refractivity contribution in [3.05, 3.63) is 53.8 Å². The topological polar surface area (TPSA) is 83.6 Å². The minimum absolute atomic E-state index is 0.0670. The van der Waals surface area contributed by atoms with E-state index in [0.29, 0.717) is 5.56 Å². The van der Waals surface area contributed by atoms with E-state index in [1.807, 2.05) is 0 Å². The van der Waals surface area contributed by atoms with Gasteiger partial charge in [0.2, 0.25) is 10.0 Å². The fourth-order valence-electron chi connectivity index (χ4n) is 1.81. The fraction of sp³-hybridized carbons (Fsp3) is 0.143. The standard InChI is InChI=1S/C14H15FN2O3S/c1-17(9-10-2-4-11(18)5-3-10)21(19,20)12-6-7-13(15)14(16)8-12/h2-8,18H,9,16H2,1H3. The summed E-state index contributed by atoms with van der Waals surface area (Å²) >= 11 is 0. The van der Waals surface area contributed by atoms with Gasteiger partial charge in [-0.2, -0.15) is 4.31 Å². The van der Waals surface area contributed by atoms with Crippen molar-refractivity contribution in [3.63, 3.8) is 0 Å². The monoisotopic (exact) mass is 310 g/mol. The Morgan fingerprint density at radius 3 is 2.38 bits per heavy atom. The molecular weight excluding hydrogens is 295 g/mol. The Morgan fingerprint density at radius 1 is 1.19 bits per heavy atom. The van der Waals surface area contributed by atoms with Crippen LogP contribution in [0.25, 0.3) is 0 Å². The number of hydrogen-bond acceptors (Lipinski definition) is 4. The van der Waals surface area contributed by atoms with Crippen molar-refractivity contribution in [1.82, 2.24) is 4.31 Å². The minimum atomic E-state index is -3.76. The average molecular weight is 310 g/mol. The number of aromatic hydroxyl groups is 1. The van der Waals surface area contributed by atoms with Gasteiger partial charge in [-0.1, -0.05) is 12.1 Å². The maximum Gasteiger partial charge on any atom is 0.243 e. The van der Waals surface area contributed by atoms with E-state index in [-0.39, 0.29) is 22.9 Å². The molecule has 21 heavy (non-hydrogen) atoms. The van der Waals surface area contributed by atoms with Gasteiger partial charge in [-0.05, 0) is 35.9 Å². The number of nitrogens with zero attached hydrogens (tertiary/aromatic N) is 1. The normalized spacial score (nSPS) is 11.8. The maximum absolute atomic E-state index is 13.1. The summed E-state index contributed by atoms with van der Waals surface area (Å²) in [7, 11) is -2.34. The molecule has 0 aliphatic carbocycles. The summed E-state index contributed by atoms with van der Waals surface area (Å²) in [6, 6.07) is 9.50. The second-order valence-corrected chi connectivity index (χ2v) is 6.66. The van der Waals surface area contributed by atoms with E-state index in [2.05, 4.69) is 0 Å². The number of phenols is 1. The molecule has 2 rings (SSSR count). The molecule has 112 valence electrons. The molecule has 0 saturated heterocycles. The lowest BCUT2D eigenvalue weighted by atomic mass is 10.2. The van der Waals surface area contributed by atoms with Crippen LogP contribution >= 0.6 is 0 Å². The first kappa shape index (κ1) is 15.3. The van der Waals surface area contributed by atoms with Crippen molar-refractivity contribution in [1.29, 1.82) is 0 Å². The van der Waals surface area contributed by atoms with E-state index in [9.17, 15) is 17.9 Å². The molecule has 0 amide bonds. The Bertz CT molecular complexity index is 745. The predicted molar refractivity (Wildman–Crippen MR) is 77.6 cm³/mol. The summed E-state index contributed by atoms with van der Waals surface area (Å²) in [5, 5.41) is 9.20. The van der Waals surface area contributed by atoms with Crippen molar-refractivity contribution in [2.75, 3.05) is 12.8 Å². The highest BCUT2D eigenvalue weighted by atomic mass is 32.2. The Hall–Kier alpha value is -2.12. The van der Waals surface area contributed by atoms with E-state index < -0.39 is 15.8 Å². The number of sulfonamides is 1. The van der Waals surface area contributed by atoms with Crippen molar-refractivity contribution in [2.45, 2.75) is 11.4 Å². The third-order valence-corrected chi connectivity index (χ3v) is 4.82. The van der Waals surface area contributed by atoms with Gasteiger partial charge in [0.1, 0.15) is 11.6 Å². The second-order valence-electron chi connectivity index (χ2n) is 4.61. The predicted octanol–water partition coefficient (Wildman–Crippen LogP) is 1.93. The molecule has 3 N–H and O–H groups in total. The molecule has 0 heterocycles. The van der Waals surface area contributed by atoms with Gasteiger partial charge in [0.15, 0.2) is 0 Å². The number of hydrogen-bond donors (Lipinski definition) is 2. The lowest BCUT2D eigenvalue weighted by Crippen LogP contribution is -2.26. The average Bonchev–Trinajstić information content (AvgIpc) is 2.44. The summed E-state index contributed by atoms with van der Waals surface area (Å²) in [4.78, 5) is -0.0670. The molecule has 7 heteroatoms. The van der Waals surface area contributed by atoms with Crippen LogP contribution in [0.2, 0.25) is 0 Å². The molecule has 2 aromatic rings. The third kappa shape index (κ3) is 3.32. The Morgan fingerprint density at radius 2 is 1.81 bits per heavy atom. The quantitative estimate of drug-likeness (QED) is 0.845. The first-order chi connectivity index (χ1) is 9.80. The minimum Gasteiger partial charge on any atom is -0.508 e. The van der Waals surface area contributed by atoms with E-state index >= 15 is 0 Å². The molecule has 5 nitrogen and oxygen atoms in total. The fourth-order valence-corrected chi connectivity index (χ4v) is 3.00. The third-order valence-electron chi connectivity index (χ3n) is 3.02. The summed E-state index contributed by atoms with van der Waals surface area (Å²) in [5.41, 5.74) is 5.90. The zero-order chi connectivity index (χ0) is 15.6. The highest BCUT2D eigenvalue weighted by Gasteiger charge is 2.21. The first-order valence-corrected chi connectivity index (χ1v) is 7.54. The zero-order valence-corrected chi connectivity index (χ0v) is 12.1. The summed E-state index contributed by atoms with van der Waals surface area (Å²) in [6.07, 6.45) is 0. The van der Waals surface area contributed by atoms with Gasteiger partial charge in [0.25, 0.3) is 0 Å². The lowest BCUT2D eigenvalue weighted by Gasteiger charge is -2.17. The first-order valence-electron chi connectivity index (χ1n) is 6.10. The summed E-state index contributed by atoms with van der Waals surface area (Å²) in [5.74, 6) is -0.550. The molecule has 0 radical (unpaired) electrons. The SMILES string of the molecule is CN(Cc1ccc(O)cc1)S(=O)(=O)c1ccc(F)c(N)c1. The number of benzene rings is 2. The van der Waals surface area contributed by atoms with Gasteiger partial charge >= 0.3 is 0 Å². The molecule has 0 saturated carbocycles. The van der Waals surface area contributed by atoms with Crippen LogP contribution in [0.3, 0.4) is 0 Å². The summed E-state index contributed by atoms with van der Waals surface area (Å²) < 4.78 is 39.0. The van der Waals surface area contributed by atoms with Crippen LogP contribution in [-0.2, 0) is 16.6 Å². The molecule has 0 spiro atoms. The van der Waals surface area contributed by atoms with Gasteiger partial charge in [-0.25, -0.2) is 12.8 Å². The molecule has 0 aliphatic heterocycles. The van der Waals surface area contributed by atoms with Gasteiger partial charge in [-0.15, -0.1) is 0 Å². The van der Waals surface area contributed by atoms with Crippen molar-refractivity contribution in [2.24, 2.45) is 0 Å². The molecule has 0 atom stereocenters. The lowest BCUT2D eigenvalue weighted by molar-refractivity contribution is 0.463. The van der Waals surface area contributed by atoms with Gasteiger partial charge in [-0.3, -0.25) is 0 Å². The summed E-state index contributed by atoms with van der Waals surface area (Å²) in [6.45, 7) is 0.125. The molecule has 0 aliphatic rings. The zero-order valence-electron chi connectivity index (χ0n) is 11.3. The Kier molecular flexibility index (Phi) is 4.15. The molecule has 0 fully saturated rings. The second kappa shape index (κ2) is 5.71. The van der Waals surface area contributed by atoms with Crippen LogP contribution in [0.1, 0.15) is 5.56 Å². The van der Waals surface area contributed by atoms with Crippen LogP contribution in [-0.4, -0.2) is 24.9 Å². The smallest absolute Gasteiger partial charge is 0.243 e. The highest BCUT2D eigenvalue weighted by Crippen LogP contribution is 2.21. The van der Waals surface area contributed by atoms with Gasteiger partial charge in [0, 0.05) is 13.6 Å². The van der Waals surface area contributed by atoms with Crippen LogP contribution < -0.4 is 5.73 Å². The van der Waals surface area contributed by atoms with Crippen LogP contribution in [0.15, 0.2) is 47.4 Å². The van der Waals surface area contributed by atoms with Crippen LogP contribution in [0.4, 0.5) is 10.1 Å². The van der Waals surface area contributed by atoms with E-state index in [1.165, 1.54) is 25.2 Å². The molecular formula is C14H15FN2O3S. The van der Waals surface area contributed by atoms with Crippen LogP contribution in [0.5, 0.6) is 5.75 Å².